The average molecular weight is 627 g/mol. The molecule has 1 aromatic rings. The molecule has 0 radical (unpaired) electrons. The number of nitrogens with one attached hydrogen (secondary N) is 2. The Balaban J connectivity index is 1.35. The molecule has 0 aromatic heterocycles. The molecular formula is C33H43FN4O7. The Morgan fingerprint density at radius 2 is 1.98 bits per heavy atom. The first-order chi connectivity index (χ1) is 21.4. The first kappa shape index (κ1) is 32.4. The number of rotatable bonds is 3. The van der Waals surface area contributed by atoms with Crippen LogP contribution in [0.2, 0.25) is 0 Å². The topological polar surface area (TPSA) is 134 Å². The number of allylic oxidation sites excluding steroid dienone is 1. The fourth-order valence-electron chi connectivity index (χ4n) is 6.43. The van der Waals surface area contributed by atoms with E-state index in [1.54, 1.807) is 32.9 Å². The maximum atomic E-state index is 14.2. The molecule has 1 aromatic carbocycles. The van der Waals surface area contributed by atoms with Crippen LogP contribution in [0.4, 0.5) is 14.0 Å². The molecule has 0 bridgehead atoms. The zero-order chi connectivity index (χ0) is 32.4. The quantitative estimate of drug-likeness (QED) is 0.385. The third kappa shape index (κ3) is 7.65. The lowest BCUT2D eigenvalue weighted by Crippen LogP contribution is -2.55. The van der Waals surface area contributed by atoms with Crippen LogP contribution >= 0.6 is 0 Å². The van der Waals surface area contributed by atoms with Gasteiger partial charge < -0.3 is 34.7 Å². The van der Waals surface area contributed by atoms with E-state index in [9.17, 15) is 28.4 Å². The first-order valence-electron chi connectivity index (χ1n) is 15.9. The number of aldehydes is 1. The van der Waals surface area contributed by atoms with Gasteiger partial charge in [-0.1, -0.05) is 37.1 Å². The summed E-state index contributed by atoms with van der Waals surface area (Å²) < 4.78 is 25.5. The zero-order valence-corrected chi connectivity index (χ0v) is 26.2. The van der Waals surface area contributed by atoms with Gasteiger partial charge >= 0.3 is 12.2 Å². The Labute approximate surface area is 262 Å². The maximum Gasteiger partial charge on any atom is 0.410 e. The fourth-order valence-corrected chi connectivity index (χ4v) is 6.43. The molecule has 3 heterocycles. The van der Waals surface area contributed by atoms with Crippen molar-refractivity contribution in [1.29, 1.82) is 0 Å². The molecule has 4 amide bonds. The Bertz CT molecular complexity index is 1360. The van der Waals surface area contributed by atoms with E-state index in [1.807, 2.05) is 12.2 Å². The largest absolute Gasteiger partial charge is 0.444 e. The molecule has 0 spiro atoms. The Kier molecular flexibility index (Phi) is 9.50. The number of ether oxygens (including phenoxy) is 2. The molecule has 1 aliphatic carbocycles. The van der Waals surface area contributed by atoms with Crippen LogP contribution in [-0.4, -0.2) is 82.5 Å². The first-order valence-corrected chi connectivity index (χ1v) is 15.9. The van der Waals surface area contributed by atoms with E-state index in [4.69, 9.17) is 9.47 Å². The normalized spacial score (nSPS) is 29.5. The fraction of sp³-hybridized carbons (Fsp3) is 0.606. The van der Waals surface area contributed by atoms with Crippen LogP contribution in [0.1, 0.15) is 76.8 Å². The SMILES string of the molecule is CC(C)(C)OC(=O)N[C@H]1CCCCC/C=C\[C@@H]2C[C@@]2(C=O)NC(=O)[C@@H]2C[C@@H](OC(=O)N3CCc4c(F)cccc4C3)CN2C1=O. The van der Waals surface area contributed by atoms with Gasteiger partial charge in [0.1, 0.15) is 41.4 Å². The van der Waals surface area contributed by atoms with Crippen LogP contribution in [0.3, 0.4) is 0 Å². The summed E-state index contributed by atoms with van der Waals surface area (Å²) in [6.45, 7) is 5.57. The maximum absolute atomic E-state index is 14.2. The number of benzene rings is 1. The molecule has 5 rings (SSSR count). The van der Waals surface area contributed by atoms with Gasteiger partial charge in [0.25, 0.3) is 0 Å². The van der Waals surface area contributed by atoms with Crippen LogP contribution in [0, 0.1) is 11.7 Å². The second kappa shape index (κ2) is 13.2. The van der Waals surface area contributed by atoms with Gasteiger partial charge in [0.15, 0.2) is 0 Å². The molecule has 1 saturated heterocycles. The van der Waals surface area contributed by atoms with Crippen molar-refractivity contribution in [3.8, 4) is 0 Å². The van der Waals surface area contributed by atoms with E-state index >= 15 is 0 Å². The molecule has 11 nitrogen and oxygen atoms in total. The molecule has 12 heteroatoms. The van der Waals surface area contributed by atoms with Gasteiger partial charge in [0, 0.05) is 25.4 Å². The third-order valence-electron chi connectivity index (χ3n) is 8.93. The molecular weight excluding hydrogens is 583 g/mol. The number of fused-ring (bicyclic) bond motifs is 3. The van der Waals surface area contributed by atoms with E-state index in [2.05, 4.69) is 10.6 Å². The van der Waals surface area contributed by atoms with Crippen LogP contribution in [0.15, 0.2) is 30.4 Å². The van der Waals surface area contributed by atoms with E-state index in [-0.39, 0.29) is 37.8 Å². The van der Waals surface area contributed by atoms with Crippen molar-refractivity contribution in [2.45, 2.75) is 108 Å². The van der Waals surface area contributed by atoms with Crippen LogP contribution in [0.5, 0.6) is 0 Å². The van der Waals surface area contributed by atoms with Gasteiger partial charge in [-0.15, -0.1) is 0 Å². The Morgan fingerprint density at radius 3 is 2.73 bits per heavy atom. The van der Waals surface area contributed by atoms with Gasteiger partial charge in [0.2, 0.25) is 11.8 Å². The van der Waals surface area contributed by atoms with E-state index in [1.165, 1.54) is 15.9 Å². The van der Waals surface area contributed by atoms with E-state index < -0.39 is 53.3 Å². The number of hydrogen-bond donors (Lipinski definition) is 2. The van der Waals surface area contributed by atoms with Gasteiger partial charge in [-0.05, 0) is 70.1 Å². The molecule has 3 aliphatic heterocycles. The molecule has 0 unspecified atom stereocenters. The number of halogens is 1. The van der Waals surface area contributed by atoms with Crippen LogP contribution in [0.25, 0.3) is 0 Å². The van der Waals surface area contributed by atoms with Crippen molar-refractivity contribution in [2.75, 3.05) is 13.1 Å². The summed E-state index contributed by atoms with van der Waals surface area (Å²) in [6, 6.07) is 2.78. The Hall–Kier alpha value is -3.96. The van der Waals surface area contributed by atoms with Gasteiger partial charge in [-0.3, -0.25) is 9.59 Å². The standard InChI is InChI=1S/C33H43FN4O7/c1-32(2,3)45-30(42)35-26-13-8-6-4-5-7-11-22-17-33(22,20-39)36-28(40)27-16-23(19-38(27)29(26)41)44-31(43)37-15-14-24-21(18-37)10-9-12-25(24)34/h7,9-12,20,22-23,26-27H,4-6,8,13-19H2,1-3H3,(H,35,42)(H,36,40)/b11-7-/t22-,23-,26+,27+,33+/m1/s1. The van der Waals surface area contributed by atoms with Crippen LogP contribution in [-0.2, 0) is 36.8 Å². The van der Waals surface area contributed by atoms with Crippen molar-refractivity contribution in [3.63, 3.8) is 0 Å². The zero-order valence-electron chi connectivity index (χ0n) is 26.2. The van der Waals surface area contributed by atoms with Gasteiger partial charge in [-0.25, -0.2) is 14.0 Å². The van der Waals surface area contributed by atoms with E-state index in [0.29, 0.717) is 36.8 Å². The second-order valence-corrected chi connectivity index (χ2v) is 13.5. The lowest BCUT2D eigenvalue weighted by atomic mass is 9.99. The van der Waals surface area contributed by atoms with Crippen molar-refractivity contribution in [1.82, 2.24) is 20.4 Å². The second-order valence-electron chi connectivity index (χ2n) is 13.5. The molecule has 2 N–H and O–H groups in total. The summed E-state index contributed by atoms with van der Waals surface area (Å²) in [5.74, 6) is -1.43. The van der Waals surface area contributed by atoms with Crippen molar-refractivity contribution < 1.29 is 37.8 Å². The molecule has 5 atom stereocenters. The van der Waals surface area contributed by atoms with Crippen molar-refractivity contribution in [2.24, 2.45) is 5.92 Å². The molecule has 45 heavy (non-hydrogen) atoms. The number of hydrogen-bond acceptors (Lipinski definition) is 7. The predicted molar refractivity (Wildman–Crippen MR) is 161 cm³/mol. The highest BCUT2D eigenvalue weighted by Crippen LogP contribution is 2.43. The minimum atomic E-state index is -1.04. The van der Waals surface area contributed by atoms with Crippen molar-refractivity contribution >= 4 is 30.3 Å². The minimum absolute atomic E-state index is 0.0248. The Morgan fingerprint density at radius 1 is 1.18 bits per heavy atom. The summed E-state index contributed by atoms with van der Waals surface area (Å²) >= 11 is 0. The highest BCUT2D eigenvalue weighted by molar-refractivity contribution is 5.94. The van der Waals surface area contributed by atoms with Gasteiger partial charge in [-0.2, -0.15) is 0 Å². The number of nitrogens with zero attached hydrogens (tertiary/aromatic N) is 2. The summed E-state index contributed by atoms with van der Waals surface area (Å²) in [4.78, 5) is 68.7. The minimum Gasteiger partial charge on any atom is -0.444 e. The lowest BCUT2D eigenvalue weighted by Gasteiger charge is -2.30. The van der Waals surface area contributed by atoms with Crippen molar-refractivity contribution in [3.05, 3.63) is 47.3 Å². The number of alkyl carbamates (subject to hydrolysis) is 1. The molecule has 4 aliphatic rings. The highest BCUT2D eigenvalue weighted by Gasteiger charge is 2.56. The van der Waals surface area contributed by atoms with Gasteiger partial charge in [0.05, 0.1) is 6.54 Å². The predicted octanol–water partition coefficient (Wildman–Crippen LogP) is 3.78. The molecule has 1 saturated carbocycles. The third-order valence-corrected chi connectivity index (χ3v) is 8.93. The monoisotopic (exact) mass is 626 g/mol. The highest BCUT2D eigenvalue weighted by atomic mass is 19.1. The number of amides is 4. The number of carbonyl (C=O) groups is 5. The molecule has 244 valence electrons. The smallest absolute Gasteiger partial charge is 0.410 e. The molecule has 2 fully saturated rings. The summed E-state index contributed by atoms with van der Waals surface area (Å²) in [6.07, 6.45) is 6.88. The average Bonchev–Trinajstić information content (AvgIpc) is 3.49. The van der Waals surface area contributed by atoms with E-state index in [0.717, 1.165) is 25.5 Å². The summed E-state index contributed by atoms with van der Waals surface area (Å²) in [7, 11) is 0. The lowest BCUT2D eigenvalue weighted by molar-refractivity contribution is -0.140. The summed E-state index contributed by atoms with van der Waals surface area (Å²) in [5.41, 5.74) is -0.534. The number of carbonyl (C=O) groups excluding carboxylic acids is 5. The summed E-state index contributed by atoms with van der Waals surface area (Å²) in [5, 5.41) is 5.57. The van der Waals surface area contributed by atoms with Crippen LogP contribution < -0.4 is 10.6 Å².